The minimum absolute atomic E-state index is 0.0321. The predicted octanol–water partition coefficient (Wildman–Crippen LogP) is 6.99. The van der Waals surface area contributed by atoms with E-state index >= 15 is 0 Å². The lowest BCUT2D eigenvalue weighted by Crippen LogP contribution is -2.58. The molecule has 0 aliphatic carbocycles. The van der Waals surface area contributed by atoms with Crippen molar-refractivity contribution in [1.82, 2.24) is 10.2 Å². The Kier molecular flexibility index (Phi) is 9.62. The van der Waals surface area contributed by atoms with Gasteiger partial charge >= 0.3 is 6.09 Å². The molecule has 0 aliphatic heterocycles. The number of anilines is 1. The quantitative estimate of drug-likeness (QED) is 0.204. The van der Waals surface area contributed by atoms with Gasteiger partial charge in [0.05, 0.1) is 0 Å². The van der Waals surface area contributed by atoms with E-state index in [1.165, 1.54) is 17.0 Å². The number of hydrogen-bond acceptors (Lipinski definition) is 5. The molecule has 0 saturated heterocycles. The van der Waals surface area contributed by atoms with E-state index < -0.39 is 41.1 Å². The van der Waals surface area contributed by atoms with Crippen molar-refractivity contribution in [2.24, 2.45) is 0 Å². The van der Waals surface area contributed by atoms with Crippen LogP contribution in [0.5, 0.6) is 5.75 Å². The Balaban J connectivity index is 1.76. The van der Waals surface area contributed by atoms with Crippen molar-refractivity contribution < 1.29 is 24.2 Å². The van der Waals surface area contributed by atoms with Crippen molar-refractivity contribution in [3.63, 3.8) is 0 Å². The average Bonchev–Trinajstić information content (AvgIpc) is 2.94. The SMILES string of the molecule is CC(C)(C)OC(=O)NC(Cc1ccccc1)C(=O)N(C(C(=O)Nc1ccc2ccccc2c1)c1ccc(O)cc1)C(C)(C)C. The highest BCUT2D eigenvalue weighted by molar-refractivity contribution is 6.00. The molecule has 0 aliphatic rings. The molecule has 2 atom stereocenters. The number of hydrogen-bond donors (Lipinski definition) is 3. The van der Waals surface area contributed by atoms with Crippen LogP contribution in [0.4, 0.5) is 10.5 Å². The van der Waals surface area contributed by atoms with E-state index in [-0.39, 0.29) is 12.2 Å². The van der Waals surface area contributed by atoms with Gasteiger partial charge in [-0.3, -0.25) is 9.59 Å². The van der Waals surface area contributed by atoms with E-state index in [1.54, 1.807) is 32.9 Å². The predicted molar refractivity (Wildman–Crippen MR) is 173 cm³/mol. The highest BCUT2D eigenvalue weighted by Crippen LogP contribution is 2.32. The van der Waals surface area contributed by atoms with E-state index in [1.807, 2.05) is 93.6 Å². The largest absolute Gasteiger partial charge is 0.508 e. The first-order valence-electron chi connectivity index (χ1n) is 14.7. The zero-order chi connectivity index (χ0) is 32.1. The van der Waals surface area contributed by atoms with E-state index in [0.717, 1.165) is 16.3 Å². The zero-order valence-electron chi connectivity index (χ0n) is 26.1. The van der Waals surface area contributed by atoms with E-state index in [9.17, 15) is 19.5 Å². The van der Waals surface area contributed by atoms with Crippen LogP contribution in [0.2, 0.25) is 0 Å². The molecular formula is C36H41N3O5. The minimum atomic E-state index is -1.10. The number of fused-ring (bicyclic) bond motifs is 1. The second-order valence-electron chi connectivity index (χ2n) is 12.8. The molecule has 4 aromatic rings. The number of phenols is 1. The van der Waals surface area contributed by atoms with Crippen LogP contribution in [0.15, 0.2) is 97.1 Å². The van der Waals surface area contributed by atoms with E-state index in [0.29, 0.717) is 11.3 Å². The smallest absolute Gasteiger partial charge is 0.408 e. The number of carbonyl (C=O) groups excluding carboxylic acids is 3. The summed E-state index contributed by atoms with van der Waals surface area (Å²) in [4.78, 5) is 43.4. The molecule has 0 heterocycles. The number of nitrogens with one attached hydrogen (secondary N) is 2. The topological polar surface area (TPSA) is 108 Å². The van der Waals surface area contributed by atoms with Gasteiger partial charge in [0, 0.05) is 17.6 Å². The number of alkyl carbamates (subject to hydrolysis) is 1. The van der Waals surface area contributed by atoms with Crippen molar-refractivity contribution in [3.05, 3.63) is 108 Å². The summed E-state index contributed by atoms with van der Waals surface area (Å²) < 4.78 is 5.51. The van der Waals surface area contributed by atoms with Gasteiger partial charge in [-0.25, -0.2) is 4.79 Å². The van der Waals surface area contributed by atoms with Crippen molar-refractivity contribution >= 4 is 34.4 Å². The number of rotatable bonds is 8. The molecule has 3 N–H and O–H groups in total. The fraction of sp³-hybridized carbons (Fsp3) is 0.306. The van der Waals surface area contributed by atoms with Crippen LogP contribution < -0.4 is 10.6 Å². The lowest BCUT2D eigenvalue weighted by atomic mass is 9.94. The van der Waals surface area contributed by atoms with Gasteiger partial charge in [-0.2, -0.15) is 0 Å². The van der Waals surface area contributed by atoms with Crippen LogP contribution in [0.1, 0.15) is 58.7 Å². The fourth-order valence-corrected chi connectivity index (χ4v) is 5.06. The summed E-state index contributed by atoms with van der Waals surface area (Å²) in [7, 11) is 0. The summed E-state index contributed by atoms with van der Waals surface area (Å²) in [6.07, 6.45) is -0.553. The third kappa shape index (κ3) is 8.37. The van der Waals surface area contributed by atoms with E-state index in [2.05, 4.69) is 10.6 Å². The highest BCUT2D eigenvalue weighted by Gasteiger charge is 2.42. The Hall–Kier alpha value is -4.85. The Morgan fingerprint density at radius 2 is 1.41 bits per heavy atom. The van der Waals surface area contributed by atoms with Gasteiger partial charge < -0.3 is 25.4 Å². The van der Waals surface area contributed by atoms with Gasteiger partial charge in [0.15, 0.2) is 0 Å². The van der Waals surface area contributed by atoms with Crippen LogP contribution in [0.25, 0.3) is 10.8 Å². The maximum atomic E-state index is 14.6. The molecule has 2 unspecified atom stereocenters. The second kappa shape index (κ2) is 13.2. The zero-order valence-corrected chi connectivity index (χ0v) is 26.1. The van der Waals surface area contributed by atoms with Gasteiger partial charge in [-0.15, -0.1) is 0 Å². The number of aromatic hydroxyl groups is 1. The van der Waals surface area contributed by atoms with Crippen LogP contribution >= 0.6 is 0 Å². The second-order valence-corrected chi connectivity index (χ2v) is 12.8. The van der Waals surface area contributed by atoms with Crippen LogP contribution in [-0.4, -0.2) is 45.1 Å². The Labute approximate surface area is 259 Å². The molecule has 0 radical (unpaired) electrons. The van der Waals surface area contributed by atoms with Crippen molar-refractivity contribution in [2.45, 2.75) is 71.2 Å². The average molecular weight is 596 g/mol. The first-order chi connectivity index (χ1) is 20.7. The van der Waals surface area contributed by atoms with Gasteiger partial charge in [0.1, 0.15) is 23.4 Å². The summed E-state index contributed by atoms with van der Waals surface area (Å²) in [5.41, 5.74) is 0.261. The molecule has 0 saturated carbocycles. The van der Waals surface area contributed by atoms with Crippen LogP contribution in [0.3, 0.4) is 0 Å². The van der Waals surface area contributed by atoms with Gasteiger partial charge in [-0.1, -0.05) is 72.8 Å². The summed E-state index contributed by atoms with van der Waals surface area (Å²) in [6, 6.07) is 26.9. The van der Waals surface area contributed by atoms with E-state index in [4.69, 9.17) is 4.74 Å². The summed E-state index contributed by atoms with van der Waals surface area (Å²) in [5.74, 6) is -0.867. The maximum absolute atomic E-state index is 14.6. The third-order valence-corrected chi connectivity index (χ3v) is 6.96. The summed E-state index contributed by atoms with van der Waals surface area (Å²) >= 11 is 0. The van der Waals surface area contributed by atoms with Gasteiger partial charge in [0.25, 0.3) is 5.91 Å². The molecule has 4 aromatic carbocycles. The first kappa shape index (κ1) is 32.1. The number of benzene rings is 4. The molecular weight excluding hydrogens is 554 g/mol. The fourth-order valence-electron chi connectivity index (χ4n) is 5.06. The lowest BCUT2D eigenvalue weighted by Gasteiger charge is -2.43. The van der Waals surface area contributed by atoms with Crippen molar-refractivity contribution in [1.29, 1.82) is 0 Å². The molecule has 8 heteroatoms. The Morgan fingerprint density at radius 1 is 0.795 bits per heavy atom. The maximum Gasteiger partial charge on any atom is 0.408 e. The highest BCUT2D eigenvalue weighted by atomic mass is 16.6. The minimum Gasteiger partial charge on any atom is -0.508 e. The van der Waals surface area contributed by atoms with Gasteiger partial charge in [0.2, 0.25) is 5.91 Å². The molecule has 230 valence electrons. The van der Waals surface area contributed by atoms with Crippen molar-refractivity contribution in [2.75, 3.05) is 5.32 Å². The molecule has 0 spiro atoms. The third-order valence-electron chi connectivity index (χ3n) is 6.96. The van der Waals surface area contributed by atoms with Crippen LogP contribution in [0, 0.1) is 0 Å². The molecule has 0 fully saturated rings. The number of carbonyl (C=O) groups is 3. The number of phenolic OH excluding ortho intramolecular Hbond substituents is 1. The standard InChI is InChI=1S/C36H41N3O5/c1-35(2,3)39(33(42)30(22-24-12-8-7-9-13-24)38-34(43)44-36(4,5)6)31(26-17-20-29(40)21-18-26)32(41)37-28-19-16-25-14-10-11-15-27(25)23-28/h7-21,23,30-31,40H,22H2,1-6H3,(H,37,41)(H,38,43). The molecule has 0 aromatic heterocycles. The summed E-state index contributed by atoms with van der Waals surface area (Å²) in [6.45, 7) is 10.8. The molecule has 3 amide bonds. The van der Waals surface area contributed by atoms with Crippen molar-refractivity contribution in [3.8, 4) is 5.75 Å². The molecule has 8 nitrogen and oxygen atoms in total. The molecule has 44 heavy (non-hydrogen) atoms. The number of ether oxygens (including phenoxy) is 1. The first-order valence-corrected chi connectivity index (χ1v) is 14.7. The normalized spacial score (nSPS) is 13.0. The lowest BCUT2D eigenvalue weighted by molar-refractivity contribution is -0.146. The monoisotopic (exact) mass is 595 g/mol. The Morgan fingerprint density at radius 3 is 2.02 bits per heavy atom. The van der Waals surface area contributed by atoms with Crippen LogP contribution in [-0.2, 0) is 20.7 Å². The molecule has 0 bridgehead atoms. The number of amides is 3. The Bertz CT molecular complexity index is 1610. The molecule has 4 rings (SSSR count). The summed E-state index contributed by atoms with van der Waals surface area (Å²) in [5, 5.41) is 17.8. The number of nitrogens with zero attached hydrogens (tertiary/aromatic N) is 1. The van der Waals surface area contributed by atoms with Gasteiger partial charge in [-0.05, 0) is 87.7 Å².